The number of nitrogens with one attached hydrogen (secondary N) is 3. The highest BCUT2D eigenvalue weighted by atomic mass is 32.2. The Morgan fingerprint density at radius 2 is 1.88 bits per heavy atom. The van der Waals surface area contributed by atoms with E-state index in [1.54, 1.807) is 30.6 Å². The van der Waals surface area contributed by atoms with Gasteiger partial charge >= 0.3 is 0 Å². The molecule has 2 amide bonds. The number of aromatic nitrogens is 1. The number of nitrogens with zero attached hydrogens (tertiary/aromatic N) is 2. The molecule has 0 spiro atoms. The summed E-state index contributed by atoms with van der Waals surface area (Å²) in [5.74, 6) is -0.348. The number of amides is 2. The van der Waals surface area contributed by atoms with Crippen molar-refractivity contribution >= 4 is 27.7 Å². The lowest BCUT2D eigenvalue weighted by atomic mass is 10.1. The number of benzene rings is 1. The Morgan fingerprint density at radius 3 is 2.62 bits per heavy atom. The molecule has 2 heterocycles. The van der Waals surface area contributed by atoms with Gasteiger partial charge in [0.2, 0.25) is 11.8 Å². The lowest BCUT2D eigenvalue weighted by Gasteiger charge is -2.14. The van der Waals surface area contributed by atoms with Gasteiger partial charge in [-0.1, -0.05) is 31.9 Å². The number of carbonyl (C=O) groups is 2. The van der Waals surface area contributed by atoms with Gasteiger partial charge in [-0.2, -0.15) is 0 Å². The van der Waals surface area contributed by atoms with Crippen molar-refractivity contribution in [2.45, 2.75) is 50.1 Å². The van der Waals surface area contributed by atoms with Gasteiger partial charge in [-0.25, -0.2) is 8.42 Å². The summed E-state index contributed by atoms with van der Waals surface area (Å²) in [6.45, 7) is 2.56. The zero-order chi connectivity index (χ0) is 23.0. The quantitative estimate of drug-likeness (QED) is 0.498. The zero-order valence-electron chi connectivity index (χ0n) is 17.9. The summed E-state index contributed by atoms with van der Waals surface area (Å²) in [7, 11) is -3.67. The molecule has 0 aliphatic carbocycles. The van der Waals surface area contributed by atoms with E-state index in [0.717, 1.165) is 18.4 Å². The zero-order valence-corrected chi connectivity index (χ0v) is 18.7. The Morgan fingerprint density at radius 1 is 1.12 bits per heavy atom. The van der Waals surface area contributed by atoms with Crippen molar-refractivity contribution in [2.24, 2.45) is 4.99 Å². The number of unbranched alkanes of at least 4 members (excludes halogenated alkanes) is 1. The predicted octanol–water partition coefficient (Wildman–Crippen LogP) is 1.50. The second kappa shape index (κ2) is 10.9. The Bertz CT molecular complexity index is 1090. The van der Waals surface area contributed by atoms with Crippen molar-refractivity contribution in [1.29, 1.82) is 0 Å². The molecule has 0 saturated heterocycles. The van der Waals surface area contributed by atoms with Crippen LogP contribution in [0.15, 0.2) is 58.7 Å². The summed E-state index contributed by atoms with van der Waals surface area (Å²) in [5, 5.41) is 5.54. The van der Waals surface area contributed by atoms with Crippen LogP contribution in [0.5, 0.6) is 0 Å². The van der Waals surface area contributed by atoms with Crippen LogP contribution in [0.25, 0.3) is 0 Å². The summed E-state index contributed by atoms with van der Waals surface area (Å²) in [6.07, 6.45) is 5.54. The molecule has 10 heteroatoms. The number of fused-ring (bicyclic) bond motifs is 1. The highest BCUT2D eigenvalue weighted by Crippen LogP contribution is 2.23. The number of pyridine rings is 1. The fourth-order valence-electron chi connectivity index (χ4n) is 3.24. The Hall–Kier alpha value is -3.27. The molecule has 1 unspecified atom stereocenters. The van der Waals surface area contributed by atoms with Gasteiger partial charge in [-0.3, -0.25) is 24.3 Å². The van der Waals surface area contributed by atoms with E-state index in [1.807, 2.05) is 19.1 Å². The van der Waals surface area contributed by atoms with Crippen LogP contribution in [-0.4, -0.2) is 43.6 Å². The molecular formula is C22H27N5O4S. The summed E-state index contributed by atoms with van der Waals surface area (Å²) < 4.78 is 27.0. The fraction of sp³-hybridized carbons (Fsp3) is 0.364. The van der Waals surface area contributed by atoms with Gasteiger partial charge in [0.25, 0.3) is 10.0 Å². The molecule has 0 radical (unpaired) electrons. The lowest BCUT2D eigenvalue weighted by Crippen LogP contribution is -2.37. The molecule has 3 N–H and O–H groups in total. The lowest BCUT2D eigenvalue weighted by molar-refractivity contribution is -0.123. The number of rotatable bonds is 10. The summed E-state index contributed by atoms with van der Waals surface area (Å²) in [5.41, 5.74) is 1.39. The summed E-state index contributed by atoms with van der Waals surface area (Å²) in [4.78, 5) is 33.3. The maximum atomic E-state index is 12.7. The van der Waals surface area contributed by atoms with Crippen molar-refractivity contribution in [2.75, 3.05) is 6.54 Å². The average molecular weight is 458 g/mol. The van der Waals surface area contributed by atoms with E-state index in [4.69, 9.17) is 0 Å². The highest BCUT2D eigenvalue weighted by Gasteiger charge is 2.31. The van der Waals surface area contributed by atoms with E-state index in [1.165, 1.54) is 6.07 Å². The highest BCUT2D eigenvalue weighted by molar-refractivity contribution is 7.90. The first-order chi connectivity index (χ1) is 15.4. The number of hydrogen-bond donors (Lipinski definition) is 3. The van der Waals surface area contributed by atoms with Gasteiger partial charge in [0.05, 0.1) is 4.90 Å². The van der Waals surface area contributed by atoms with Crippen LogP contribution in [0.1, 0.15) is 43.7 Å². The first kappa shape index (κ1) is 23.4. The SMILES string of the molecule is CCCCC(N=C1NS(=O)(=O)c2ccccc21)C(=O)NCCC(=O)NCc1ccncc1. The number of carbonyl (C=O) groups excluding carboxylic acids is 2. The molecule has 0 fully saturated rings. The van der Waals surface area contributed by atoms with E-state index >= 15 is 0 Å². The van der Waals surface area contributed by atoms with E-state index in [2.05, 4.69) is 25.3 Å². The summed E-state index contributed by atoms with van der Waals surface area (Å²) in [6, 6.07) is 9.41. The molecule has 0 bridgehead atoms. The minimum atomic E-state index is -3.67. The van der Waals surface area contributed by atoms with E-state index < -0.39 is 16.1 Å². The van der Waals surface area contributed by atoms with Gasteiger partial charge in [0, 0.05) is 37.5 Å². The Balaban J connectivity index is 1.58. The normalized spacial score (nSPS) is 16.1. The second-order valence-electron chi connectivity index (χ2n) is 7.41. The molecule has 1 aliphatic rings. The van der Waals surface area contributed by atoms with Crippen LogP contribution in [0, 0.1) is 0 Å². The third kappa shape index (κ3) is 6.13. The van der Waals surface area contributed by atoms with Crippen LogP contribution in [0.4, 0.5) is 0 Å². The van der Waals surface area contributed by atoms with E-state index in [-0.39, 0.29) is 35.5 Å². The second-order valence-corrected chi connectivity index (χ2v) is 9.06. The van der Waals surface area contributed by atoms with Gasteiger partial charge in [-0.15, -0.1) is 0 Å². The van der Waals surface area contributed by atoms with Crippen molar-refractivity contribution in [1.82, 2.24) is 20.3 Å². The van der Waals surface area contributed by atoms with Crippen LogP contribution in [-0.2, 0) is 26.2 Å². The minimum Gasteiger partial charge on any atom is -0.354 e. The molecule has 0 saturated carbocycles. The first-order valence-corrected chi connectivity index (χ1v) is 12.0. The molecule has 1 aromatic carbocycles. The third-order valence-electron chi connectivity index (χ3n) is 4.97. The molecule has 1 atom stereocenters. The molecule has 9 nitrogen and oxygen atoms in total. The van der Waals surface area contributed by atoms with Gasteiger partial charge in [0.15, 0.2) is 0 Å². The Labute approximate surface area is 187 Å². The van der Waals surface area contributed by atoms with Gasteiger partial charge in [0.1, 0.15) is 11.9 Å². The number of amidine groups is 1. The number of sulfonamides is 1. The van der Waals surface area contributed by atoms with Crippen LogP contribution in [0.2, 0.25) is 0 Å². The van der Waals surface area contributed by atoms with Gasteiger partial charge < -0.3 is 10.6 Å². The maximum absolute atomic E-state index is 12.7. The fourth-order valence-corrected chi connectivity index (χ4v) is 4.48. The predicted molar refractivity (Wildman–Crippen MR) is 120 cm³/mol. The largest absolute Gasteiger partial charge is 0.354 e. The van der Waals surface area contributed by atoms with Crippen molar-refractivity contribution < 1.29 is 18.0 Å². The van der Waals surface area contributed by atoms with E-state index in [9.17, 15) is 18.0 Å². The van der Waals surface area contributed by atoms with Crippen LogP contribution in [0.3, 0.4) is 0 Å². The maximum Gasteiger partial charge on any atom is 0.263 e. The molecule has 170 valence electrons. The molecule has 1 aliphatic heterocycles. The average Bonchev–Trinajstić information content (AvgIpc) is 3.05. The number of aliphatic imine (C=N–C) groups is 1. The van der Waals surface area contributed by atoms with Crippen molar-refractivity contribution in [3.05, 3.63) is 59.9 Å². The number of hydrogen-bond acceptors (Lipinski definition) is 6. The monoisotopic (exact) mass is 457 g/mol. The van der Waals surface area contributed by atoms with Crippen LogP contribution >= 0.6 is 0 Å². The Kier molecular flexibility index (Phi) is 7.93. The molecule has 1 aromatic heterocycles. The molecule has 32 heavy (non-hydrogen) atoms. The standard InChI is InChI=1S/C22H27N5O4S/c1-2-3-7-18(26-21-17-6-4-5-8-19(17)32(30,31)27-21)22(29)24-14-11-20(28)25-15-16-9-12-23-13-10-16/h4-6,8-10,12-13,18H,2-3,7,11,14-15H2,1H3,(H,24,29)(H,25,28)(H,26,27). The smallest absolute Gasteiger partial charge is 0.263 e. The van der Waals surface area contributed by atoms with Gasteiger partial charge in [-0.05, 0) is 36.2 Å². The molecule has 3 rings (SSSR count). The molecular weight excluding hydrogens is 430 g/mol. The third-order valence-corrected chi connectivity index (χ3v) is 6.37. The van der Waals surface area contributed by atoms with Crippen molar-refractivity contribution in [3.63, 3.8) is 0 Å². The van der Waals surface area contributed by atoms with Crippen LogP contribution < -0.4 is 15.4 Å². The van der Waals surface area contributed by atoms with E-state index in [0.29, 0.717) is 18.5 Å². The van der Waals surface area contributed by atoms with Crippen molar-refractivity contribution in [3.8, 4) is 0 Å². The molecule has 2 aromatic rings. The topological polar surface area (TPSA) is 130 Å². The summed E-state index contributed by atoms with van der Waals surface area (Å²) >= 11 is 0. The first-order valence-electron chi connectivity index (χ1n) is 10.5. The minimum absolute atomic E-state index is 0.128.